The van der Waals surface area contributed by atoms with Crippen LogP contribution in [-0.2, 0) is 22.4 Å². The van der Waals surface area contributed by atoms with Crippen LogP contribution in [-0.4, -0.2) is 43.7 Å². The zero-order valence-corrected chi connectivity index (χ0v) is 18.2. The lowest BCUT2D eigenvalue weighted by atomic mass is 9.96. The van der Waals surface area contributed by atoms with E-state index in [9.17, 15) is 4.79 Å². The number of carbonyl (C=O) groups excluding carboxylic acids is 1. The SMILES string of the molecule is CCOC(=O)[C@@H]1CCCN(CCCN2c3ccccc3CCCc3ccccc32)C1. The number of hydrogen-bond acceptors (Lipinski definition) is 4. The molecule has 1 atom stereocenters. The van der Waals surface area contributed by atoms with Crippen molar-refractivity contribution < 1.29 is 9.53 Å². The molecule has 0 aliphatic carbocycles. The fraction of sp³-hybridized carbons (Fsp3) is 0.500. The third-order valence-corrected chi connectivity index (χ3v) is 6.44. The van der Waals surface area contributed by atoms with Crippen LogP contribution >= 0.6 is 0 Å². The molecule has 0 radical (unpaired) electrons. The number of aryl methyl sites for hydroxylation is 2. The minimum absolute atomic E-state index is 0.0196. The van der Waals surface area contributed by atoms with Crippen LogP contribution in [0.15, 0.2) is 48.5 Å². The Kier molecular flexibility index (Phi) is 7.06. The maximum Gasteiger partial charge on any atom is 0.310 e. The van der Waals surface area contributed by atoms with Gasteiger partial charge in [-0.25, -0.2) is 0 Å². The summed E-state index contributed by atoms with van der Waals surface area (Å²) in [6, 6.07) is 17.7. The van der Waals surface area contributed by atoms with Crippen molar-refractivity contribution >= 4 is 17.3 Å². The van der Waals surface area contributed by atoms with Gasteiger partial charge in [0.05, 0.1) is 12.5 Å². The third-order valence-electron chi connectivity index (χ3n) is 6.44. The number of rotatable bonds is 6. The predicted molar refractivity (Wildman–Crippen MR) is 122 cm³/mol. The summed E-state index contributed by atoms with van der Waals surface area (Å²) in [4.78, 5) is 17.1. The molecule has 0 saturated carbocycles. The zero-order valence-electron chi connectivity index (χ0n) is 18.2. The van der Waals surface area contributed by atoms with Crippen molar-refractivity contribution in [2.24, 2.45) is 5.92 Å². The van der Waals surface area contributed by atoms with Gasteiger partial charge in [-0.1, -0.05) is 36.4 Å². The van der Waals surface area contributed by atoms with E-state index in [1.54, 1.807) is 0 Å². The Morgan fingerprint density at radius 2 is 1.63 bits per heavy atom. The summed E-state index contributed by atoms with van der Waals surface area (Å²) in [7, 11) is 0. The van der Waals surface area contributed by atoms with E-state index in [1.807, 2.05) is 6.92 Å². The quantitative estimate of drug-likeness (QED) is 0.634. The molecule has 2 aromatic carbocycles. The van der Waals surface area contributed by atoms with E-state index in [4.69, 9.17) is 4.74 Å². The smallest absolute Gasteiger partial charge is 0.310 e. The number of esters is 1. The maximum absolute atomic E-state index is 12.2. The lowest BCUT2D eigenvalue weighted by Gasteiger charge is -2.34. The van der Waals surface area contributed by atoms with Gasteiger partial charge >= 0.3 is 5.97 Å². The number of likely N-dealkylation sites (tertiary alicyclic amines) is 1. The summed E-state index contributed by atoms with van der Waals surface area (Å²) in [6.45, 7) is 6.31. The summed E-state index contributed by atoms with van der Waals surface area (Å²) in [5, 5.41) is 0. The second-order valence-corrected chi connectivity index (χ2v) is 8.51. The molecule has 2 aliphatic heterocycles. The second kappa shape index (κ2) is 10.1. The van der Waals surface area contributed by atoms with Crippen molar-refractivity contribution in [1.82, 2.24) is 4.90 Å². The fourth-order valence-corrected chi connectivity index (χ4v) is 4.97. The molecule has 0 bridgehead atoms. The van der Waals surface area contributed by atoms with Gasteiger partial charge in [0, 0.05) is 24.5 Å². The highest BCUT2D eigenvalue weighted by atomic mass is 16.5. The number of carbonyl (C=O) groups is 1. The predicted octanol–water partition coefficient (Wildman–Crippen LogP) is 4.98. The van der Waals surface area contributed by atoms with Gasteiger partial charge in [-0.3, -0.25) is 4.79 Å². The Morgan fingerprint density at radius 3 is 2.30 bits per heavy atom. The first-order valence-corrected chi connectivity index (χ1v) is 11.6. The topological polar surface area (TPSA) is 32.8 Å². The van der Waals surface area contributed by atoms with Crippen LogP contribution in [0.3, 0.4) is 0 Å². The molecule has 160 valence electrons. The standard InChI is InChI=1S/C26H34N2O2/c1-2-30-26(29)23-14-8-17-27(20-23)18-9-19-28-24-15-5-3-10-21(24)12-7-13-22-11-4-6-16-25(22)28/h3-6,10-11,15-16,23H,2,7-9,12-14,17-20H2,1H3/t23-/m1/s1. The Morgan fingerprint density at radius 1 is 0.967 bits per heavy atom. The van der Waals surface area contributed by atoms with Crippen molar-refractivity contribution in [3.05, 3.63) is 59.7 Å². The van der Waals surface area contributed by atoms with E-state index in [0.29, 0.717) is 6.61 Å². The molecule has 4 rings (SSSR count). The Bertz CT molecular complexity index is 803. The molecule has 2 aliphatic rings. The highest BCUT2D eigenvalue weighted by Crippen LogP contribution is 2.35. The Balaban J connectivity index is 1.45. The normalized spacial score (nSPS) is 19.4. The molecule has 2 aromatic rings. The molecule has 1 saturated heterocycles. The first kappa shape index (κ1) is 20.9. The summed E-state index contributed by atoms with van der Waals surface area (Å²) < 4.78 is 5.26. The van der Waals surface area contributed by atoms with Gasteiger partial charge in [0.2, 0.25) is 0 Å². The van der Waals surface area contributed by atoms with E-state index in [-0.39, 0.29) is 11.9 Å². The van der Waals surface area contributed by atoms with Crippen molar-refractivity contribution in [2.75, 3.05) is 37.7 Å². The molecule has 2 heterocycles. The van der Waals surface area contributed by atoms with Gasteiger partial charge in [0.25, 0.3) is 0 Å². The number of hydrogen-bond donors (Lipinski definition) is 0. The Labute approximate surface area is 180 Å². The minimum Gasteiger partial charge on any atom is -0.466 e. The van der Waals surface area contributed by atoms with E-state index in [0.717, 1.165) is 58.3 Å². The molecule has 0 aromatic heterocycles. The first-order chi connectivity index (χ1) is 14.8. The number of para-hydroxylation sites is 2. The third kappa shape index (κ3) is 4.86. The van der Waals surface area contributed by atoms with Crippen LogP contribution in [0.25, 0.3) is 0 Å². The van der Waals surface area contributed by atoms with Crippen molar-refractivity contribution in [2.45, 2.75) is 45.4 Å². The molecule has 0 spiro atoms. The monoisotopic (exact) mass is 406 g/mol. The average molecular weight is 407 g/mol. The van der Waals surface area contributed by atoms with Gasteiger partial charge in [-0.05, 0) is 81.8 Å². The van der Waals surface area contributed by atoms with Crippen LogP contribution < -0.4 is 4.90 Å². The fourth-order valence-electron chi connectivity index (χ4n) is 4.97. The van der Waals surface area contributed by atoms with Crippen LogP contribution in [0.1, 0.15) is 43.7 Å². The van der Waals surface area contributed by atoms with E-state index < -0.39 is 0 Å². The number of piperidine rings is 1. The molecule has 0 unspecified atom stereocenters. The van der Waals surface area contributed by atoms with Gasteiger partial charge in [-0.15, -0.1) is 0 Å². The number of ether oxygens (including phenoxy) is 1. The van der Waals surface area contributed by atoms with Crippen LogP contribution in [0.5, 0.6) is 0 Å². The minimum atomic E-state index is -0.0196. The second-order valence-electron chi connectivity index (χ2n) is 8.51. The Hall–Kier alpha value is -2.33. The molecular weight excluding hydrogens is 372 g/mol. The lowest BCUT2D eigenvalue weighted by molar-refractivity contribution is -0.149. The first-order valence-electron chi connectivity index (χ1n) is 11.6. The molecule has 0 N–H and O–H groups in total. The summed E-state index contributed by atoms with van der Waals surface area (Å²) in [5.74, 6) is 0.0238. The van der Waals surface area contributed by atoms with Gasteiger partial charge < -0.3 is 14.5 Å². The number of benzene rings is 2. The van der Waals surface area contributed by atoms with Gasteiger partial charge in [-0.2, -0.15) is 0 Å². The largest absolute Gasteiger partial charge is 0.466 e. The number of fused-ring (bicyclic) bond motifs is 2. The van der Waals surface area contributed by atoms with Gasteiger partial charge in [0.15, 0.2) is 0 Å². The van der Waals surface area contributed by atoms with Gasteiger partial charge in [0.1, 0.15) is 0 Å². The maximum atomic E-state index is 12.2. The highest BCUT2D eigenvalue weighted by molar-refractivity contribution is 5.73. The molecule has 4 heteroatoms. The molecule has 0 amide bonds. The van der Waals surface area contributed by atoms with Crippen LogP contribution in [0, 0.1) is 5.92 Å². The molecule has 30 heavy (non-hydrogen) atoms. The van der Waals surface area contributed by atoms with Crippen molar-refractivity contribution in [3.63, 3.8) is 0 Å². The highest BCUT2D eigenvalue weighted by Gasteiger charge is 2.27. The van der Waals surface area contributed by atoms with E-state index in [2.05, 4.69) is 58.3 Å². The van der Waals surface area contributed by atoms with Crippen molar-refractivity contribution in [1.29, 1.82) is 0 Å². The lowest BCUT2D eigenvalue weighted by Crippen LogP contribution is -2.40. The summed E-state index contributed by atoms with van der Waals surface area (Å²) in [6.07, 6.45) is 6.59. The average Bonchev–Trinajstić information content (AvgIpc) is 2.77. The number of anilines is 2. The van der Waals surface area contributed by atoms with Crippen LogP contribution in [0.2, 0.25) is 0 Å². The van der Waals surface area contributed by atoms with E-state index in [1.165, 1.54) is 28.9 Å². The van der Waals surface area contributed by atoms with E-state index >= 15 is 0 Å². The molecule has 1 fully saturated rings. The molecular formula is C26H34N2O2. The van der Waals surface area contributed by atoms with Crippen molar-refractivity contribution in [3.8, 4) is 0 Å². The number of nitrogens with zero attached hydrogens (tertiary/aromatic N) is 2. The molecule has 4 nitrogen and oxygen atoms in total. The zero-order chi connectivity index (χ0) is 20.8. The summed E-state index contributed by atoms with van der Waals surface area (Å²) >= 11 is 0. The van der Waals surface area contributed by atoms with Crippen LogP contribution in [0.4, 0.5) is 11.4 Å². The summed E-state index contributed by atoms with van der Waals surface area (Å²) in [5.41, 5.74) is 5.61.